The van der Waals surface area contributed by atoms with E-state index in [2.05, 4.69) is 5.32 Å². The molecule has 0 fully saturated rings. The number of halogens is 1. The largest absolute Gasteiger partial charge is 0.460 e. The number of nitrogens with two attached hydrogens (primary N) is 1. The third kappa shape index (κ3) is 3.36. The van der Waals surface area contributed by atoms with Gasteiger partial charge in [0.05, 0.1) is 47.1 Å². The average Bonchev–Trinajstić information content (AvgIpc) is 3.28. The van der Waals surface area contributed by atoms with E-state index in [1.54, 1.807) is 18.4 Å². The van der Waals surface area contributed by atoms with Crippen LogP contribution in [0.15, 0.2) is 16.9 Å². The Morgan fingerprint density at radius 2 is 2.11 bits per heavy atom. The van der Waals surface area contributed by atoms with Gasteiger partial charge in [0.2, 0.25) is 5.91 Å². The van der Waals surface area contributed by atoms with Crippen molar-refractivity contribution in [1.82, 2.24) is 14.9 Å². The Bertz CT molecular complexity index is 1610. The molecule has 9 nitrogen and oxygen atoms in total. The number of hydrogen-bond donors (Lipinski definition) is 2. The monoisotopic (exact) mass is 520 g/mol. The molecule has 1 amide bonds. The van der Waals surface area contributed by atoms with E-state index in [-0.39, 0.29) is 49.7 Å². The molecule has 3 N–H and O–H groups in total. The zero-order valence-electron chi connectivity index (χ0n) is 21.6. The molecule has 2 aliphatic heterocycles. The molecule has 0 bridgehead atoms. The van der Waals surface area contributed by atoms with Crippen molar-refractivity contribution in [3.05, 3.63) is 61.7 Å². The number of hydrogen-bond acceptors (Lipinski definition) is 7. The number of carbonyl (C=O) groups excluding carboxylic acids is 2. The van der Waals surface area contributed by atoms with Gasteiger partial charge in [-0.3, -0.25) is 14.4 Å². The second kappa shape index (κ2) is 8.71. The van der Waals surface area contributed by atoms with E-state index < -0.39 is 11.5 Å². The van der Waals surface area contributed by atoms with Crippen molar-refractivity contribution >= 4 is 22.8 Å². The lowest BCUT2D eigenvalue weighted by atomic mass is 9.76. The molecule has 3 aromatic rings. The summed E-state index contributed by atoms with van der Waals surface area (Å²) in [4.78, 5) is 43.0. The number of ether oxygens (including phenoxy) is 2. The summed E-state index contributed by atoms with van der Waals surface area (Å²) in [7, 11) is 0. The molecule has 10 heteroatoms. The number of benzene rings is 1. The lowest BCUT2D eigenvalue weighted by Gasteiger charge is -2.33. The highest BCUT2D eigenvalue weighted by molar-refractivity contribution is 5.93. The van der Waals surface area contributed by atoms with Crippen molar-refractivity contribution in [1.29, 1.82) is 0 Å². The average molecular weight is 521 g/mol. The van der Waals surface area contributed by atoms with Crippen molar-refractivity contribution in [3.8, 4) is 11.4 Å². The van der Waals surface area contributed by atoms with Crippen LogP contribution in [-0.4, -0.2) is 34.7 Å². The number of cyclic esters (lactones) is 1. The molecule has 0 saturated carbocycles. The quantitative estimate of drug-likeness (QED) is 0.306. The highest BCUT2D eigenvalue weighted by atomic mass is 19.1. The van der Waals surface area contributed by atoms with Gasteiger partial charge in [0.25, 0.3) is 5.56 Å². The molecule has 1 aromatic carbocycles. The maximum atomic E-state index is 15.0. The topological polar surface area (TPSA) is 126 Å². The van der Waals surface area contributed by atoms with Crippen LogP contribution in [0, 0.1) is 12.7 Å². The van der Waals surface area contributed by atoms with Crippen molar-refractivity contribution in [2.75, 3.05) is 13.3 Å². The van der Waals surface area contributed by atoms with Crippen molar-refractivity contribution in [2.45, 2.75) is 64.7 Å². The Hall–Kier alpha value is -3.63. The standard InChI is InChI=1S/C28H29FN4O5/c1-4-28(3)17-7-20-25-15(10-33(20)26(35)16(17)11-37-27(28)36)24-21(38-12-31-22(34)9-30)6-5-14-13(2)18(29)8-19(32-25)23(14)24/h7-8,21H,4-6,9-12,30H2,1-3H3,(H,31,34)/t21-,28+/m0/s1. The number of aryl methyl sites for hydroxylation is 1. The fourth-order valence-corrected chi connectivity index (χ4v) is 6.14. The van der Waals surface area contributed by atoms with Gasteiger partial charge in [-0.1, -0.05) is 6.92 Å². The minimum absolute atomic E-state index is 0.0235. The number of esters is 1. The predicted octanol–water partition coefficient (Wildman–Crippen LogP) is 2.63. The van der Waals surface area contributed by atoms with E-state index in [0.717, 1.165) is 22.1 Å². The SMILES string of the molecule is CC[C@@]1(C)C(=O)OCc2c1cc1n(c2=O)Cc2c-1nc1cc(F)c(C)c3c1c2[C@@H](OCNC(=O)CN)CC3. The first-order valence-corrected chi connectivity index (χ1v) is 12.9. The summed E-state index contributed by atoms with van der Waals surface area (Å²) in [6, 6.07) is 3.31. The summed E-state index contributed by atoms with van der Waals surface area (Å²) in [5, 5.41) is 3.48. The van der Waals surface area contributed by atoms with Crippen LogP contribution in [0.1, 0.15) is 66.2 Å². The zero-order valence-corrected chi connectivity index (χ0v) is 21.6. The van der Waals surface area contributed by atoms with Crippen molar-refractivity contribution < 1.29 is 23.5 Å². The number of amides is 1. The zero-order chi connectivity index (χ0) is 26.9. The van der Waals surface area contributed by atoms with Crippen LogP contribution in [0.4, 0.5) is 4.39 Å². The molecular weight excluding hydrogens is 491 g/mol. The molecular formula is C28H29FN4O5. The van der Waals surface area contributed by atoms with Crippen molar-refractivity contribution in [3.63, 3.8) is 0 Å². The highest BCUT2D eigenvalue weighted by Crippen LogP contribution is 2.47. The van der Waals surface area contributed by atoms with Gasteiger partial charge in [-0.2, -0.15) is 0 Å². The Morgan fingerprint density at radius 3 is 2.84 bits per heavy atom. The molecule has 198 valence electrons. The lowest BCUT2D eigenvalue weighted by Crippen LogP contribution is -2.42. The Balaban J connectivity index is 1.57. The van der Waals surface area contributed by atoms with Gasteiger partial charge in [0, 0.05) is 17.0 Å². The first kappa shape index (κ1) is 24.7. The lowest BCUT2D eigenvalue weighted by molar-refractivity contribution is -0.153. The molecule has 2 aromatic heterocycles. The van der Waals surface area contributed by atoms with Gasteiger partial charge in [0.15, 0.2) is 0 Å². The smallest absolute Gasteiger partial charge is 0.316 e. The number of rotatable bonds is 5. The van der Waals surface area contributed by atoms with Crippen molar-refractivity contribution in [2.24, 2.45) is 5.73 Å². The Labute approximate surface area is 218 Å². The maximum absolute atomic E-state index is 15.0. The summed E-state index contributed by atoms with van der Waals surface area (Å²) < 4.78 is 28.2. The van der Waals surface area contributed by atoms with E-state index >= 15 is 0 Å². The molecule has 3 aliphatic rings. The van der Waals surface area contributed by atoms with Gasteiger partial charge in [-0.15, -0.1) is 0 Å². The summed E-state index contributed by atoms with van der Waals surface area (Å²) in [6.07, 6.45) is 1.26. The molecule has 6 rings (SSSR count). The summed E-state index contributed by atoms with van der Waals surface area (Å²) in [5.41, 5.74) is 10.2. The van der Waals surface area contributed by atoms with Gasteiger partial charge in [-0.05, 0) is 61.4 Å². The fraction of sp³-hybridized carbons (Fsp3) is 0.429. The fourth-order valence-electron chi connectivity index (χ4n) is 6.14. The number of pyridine rings is 2. The summed E-state index contributed by atoms with van der Waals surface area (Å²) >= 11 is 0. The van der Waals surface area contributed by atoms with Crippen LogP contribution in [-0.2, 0) is 44.1 Å². The first-order valence-electron chi connectivity index (χ1n) is 12.9. The third-order valence-electron chi connectivity index (χ3n) is 8.52. The van der Waals surface area contributed by atoms with E-state index in [9.17, 15) is 18.8 Å². The number of carbonyl (C=O) groups is 2. The number of nitrogens with one attached hydrogen (secondary N) is 1. The normalized spacial score (nSPS) is 21.1. The molecule has 38 heavy (non-hydrogen) atoms. The first-order chi connectivity index (χ1) is 18.2. The predicted molar refractivity (Wildman–Crippen MR) is 137 cm³/mol. The Kier molecular flexibility index (Phi) is 5.66. The van der Waals surface area contributed by atoms with Crippen LogP contribution in [0.5, 0.6) is 0 Å². The van der Waals surface area contributed by atoms with Crippen LogP contribution in [0.2, 0.25) is 0 Å². The second-order valence-corrected chi connectivity index (χ2v) is 10.4. The molecule has 4 heterocycles. The third-order valence-corrected chi connectivity index (χ3v) is 8.52. The van der Waals surface area contributed by atoms with Gasteiger partial charge in [0.1, 0.15) is 19.2 Å². The highest BCUT2D eigenvalue weighted by Gasteiger charge is 2.43. The summed E-state index contributed by atoms with van der Waals surface area (Å²) in [5.74, 6) is -1.01. The summed E-state index contributed by atoms with van der Waals surface area (Å²) in [6.45, 7) is 5.49. The maximum Gasteiger partial charge on any atom is 0.316 e. The van der Waals surface area contributed by atoms with Crippen LogP contribution < -0.4 is 16.6 Å². The Morgan fingerprint density at radius 1 is 1.32 bits per heavy atom. The van der Waals surface area contributed by atoms with Gasteiger partial charge in [-0.25, -0.2) is 9.37 Å². The molecule has 1 aliphatic carbocycles. The number of fused-ring (bicyclic) bond motifs is 5. The minimum Gasteiger partial charge on any atom is -0.460 e. The number of nitrogens with zero attached hydrogens (tertiary/aromatic N) is 2. The van der Waals surface area contributed by atoms with Crippen LogP contribution in [0.3, 0.4) is 0 Å². The molecule has 0 unspecified atom stereocenters. The molecule has 0 radical (unpaired) electrons. The van der Waals surface area contributed by atoms with Crippen LogP contribution in [0.25, 0.3) is 22.3 Å². The van der Waals surface area contributed by atoms with Gasteiger partial charge < -0.3 is 25.1 Å². The van der Waals surface area contributed by atoms with E-state index in [1.165, 1.54) is 6.07 Å². The van der Waals surface area contributed by atoms with E-state index in [4.69, 9.17) is 20.2 Å². The molecule has 0 spiro atoms. The second-order valence-electron chi connectivity index (χ2n) is 10.4. The van der Waals surface area contributed by atoms with Crippen LogP contribution >= 0.6 is 0 Å². The molecule has 0 saturated heterocycles. The number of aromatic nitrogens is 2. The van der Waals surface area contributed by atoms with E-state index in [0.29, 0.717) is 52.9 Å². The molecule has 2 atom stereocenters. The van der Waals surface area contributed by atoms with E-state index in [1.807, 2.05) is 13.0 Å². The minimum atomic E-state index is -0.945. The van der Waals surface area contributed by atoms with Gasteiger partial charge >= 0.3 is 5.97 Å².